The third-order valence-corrected chi connectivity index (χ3v) is 3.15. The number of imidazole rings is 1. The van der Waals surface area contributed by atoms with Gasteiger partial charge in [0.25, 0.3) is 0 Å². The average molecular weight is 287 g/mol. The Labute approximate surface area is 124 Å². The van der Waals surface area contributed by atoms with Crippen molar-refractivity contribution in [2.75, 3.05) is 13.7 Å². The van der Waals surface area contributed by atoms with E-state index in [9.17, 15) is 4.79 Å². The van der Waals surface area contributed by atoms with E-state index in [1.807, 2.05) is 38.1 Å². The van der Waals surface area contributed by atoms with Gasteiger partial charge in [-0.2, -0.15) is 0 Å². The number of ether oxygens (including phenoxy) is 1. The van der Waals surface area contributed by atoms with E-state index in [-0.39, 0.29) is 18.6 Å². The topological polar surface area (TPSA) is 56.2 Å². The molecular formula is C16H21N3O2. The van der Waals surface area contributed by atoms with Crippen LogP contribution in [0, 0.1) is 0 Å². The smallest absolute Gasteiger partial charge is 0.246 e. The number of benzene rings is 1. The van der Waals surface area contributed by atoms with E-state index in [1.54, 1.807) is 0 Å². The minimum absolute atomic E-state index is 0.0467. The SMILES string of the molecule is C=C(C)Cn1c([C@H](C)NC(=O)COC)nc2ccccc21. The van der Waals surface area contributed by atoms with Crippen molar-refractivity contribution in [3.8, 4) is 0 Å². The molecule has 2 aromatic rings. The van der Waals surface area contributed by atoms with Gasteiger partial charge in [-0.1, -0.05) is 24.3 Å². The molecule has 0 saturated heterocycles. The van der Waals surface area contributed by atoms with Crippen LogP contribution in [0.2, 0.25) is 0 Å². The lowest BCUT2D eigenvalue weighted by Crippen LogP contribution is -2.31. The number of aromatic nitrogens is 2. The number of allylic oxidation sites excluding steroid dienone is 1. The van der Waals surface area contributed by atoms with Gasteiger partial charge >= 0.3 is 0 Å². The summed E-state index contributed by atoms with van der Waals surface area (Å²) in [5.41, 5.74) is 3.00. The number of hydrogen-bond acceptors (Lipinski definition) is 3. The number of rotatable bonds is 6. The Bertz CT molecular complexity index is 661. The van der Waals surface area contributed by atoms with E-state index >= 15 is 0 Å². The highest BCUT2D eigenvalue weighted by Gasteiger charge is 2.18. The summed E-state index contributed by atoms with van der Waals surface area (Å²) in [4.78, 5) is 16.3. The van der Waals surface area contributed by atoms with Crippen molar-refractivity contribution < 1.29 is 9.53 Å². The molecule has 5 heteroatoms. The molecule has 0 fully saturated rings. The second-order valence-corrected chi connectivity index (χ2v) is 5.22. The van der Waals surface area contributed by atoms with Crippen LogP contribution in [-0.4, -0.2) is 29.2 Å². The van der Waals surface area contributed by atoms with Crippen LogP contribution >= 0.6 is 0 Å². The van der Waals surface area contributed by atoms with Crippen molar-refractivity contribution in [3.63, 3.8) is 0 Å². The van der Waals surface area contributed by atoms with Gasteiger partial charge in [-0.3, -0.25) is 4.79 Å². The summed E-state index contributed by atoms with van der Waals surface area (Å²) in [5, 5.41) is 2.89. The third-order valence-electron chi connectivity index (χ3n) is 3.15. The van der Waals surface area contributed by atoms with Crippen molar-refractivity contribution in [1.29, 1.82) is 0 Å². The summed E-state index contributed by atoms with van der Waals surface area (Å²) in [6.45, 7) is 8.60. The second-order valence-electron chi connectivity index (χ2n) is 5.22. The standard InChI is InChI=1S/C16H21N3O2/c1-11(2)9-19-14-8-6-5-7-13(14)18-16(19)12(3)17-15(20)10-21-4/h5-8,12H,1,9-10H2,2-4H3,(H,17,20)/t12-/m0/s1. The van der Waals surface area contributed by atoms with Crippen molar-refractivity contribution in [2.45, 2.75) is 26.4 Å². The monoisotopic (exact) mass is 287 g/mol. The Hall–Kier alpha value is -2.14. The maximum absolute atomic E-state index is 11.7. The number of fused-ring (bicyclic) bond motifs is 1. The van der Waals surface area contributed by atoms with Gasteiger partial charge in [-0.15, -0.1) is 0 Å². The number of methoxy groups -OCH3 is 1. The molecule has 0 radical (unpaired) electrons. The molecule has 0 aliphatic rings. The van der Waals surface area contributed by atoms with E-state index in [4.69, 9.17) is 4.74 Å². The first-order chi connectivity index (χ1) is 10.0. The van der Waals surface area contributed by atoms with Crippen molar-refractivity contribution in [3.05, 3.63) is 42.2 Å². The predicted octanol–water partition coefficient (Wildman–Crippen LogP) is 2.44. The quantitative estimate of drug-likeness (QED) is 0.830. The van der Waals surface area contributed by atoms with E-state index in [2.05, 4.69) is 21.4 Å². The number of carbonyl (C=O) groups is 1. The predicted molar refractivity (Wildman–Crippen MR) is 83.0 cm³/mol. The van der Waals surface area contributed by atoms with Gasteiger partial charge in [-0.05, 0) is 26.0 Å². The number of nitrogens with one attached hydrogen (secondary N) is 1. The Kier molecular flexibility index (Phi) is 4.75. The lowest BCUT2D eigenvalue weighted by Gasteiger charge is -2.16. The van der Waals surface area contributed by atoms with Gasteiger partial charge in [0.1, 0.15) is 12.4 Å². The molecule has 21 heavy (non-hydrogen) atoms. The summed E-state index contributed by atoms with van der Waals surface area (Å²) in [6.07, 6.45) is 0. The molecule has 1 aromatic carbocycles. The molecule has 1 heterocycles. The van der Waals surface area contributed by atoms with Gasteiger partial charge in [0, 0.05) is 13.7 Å². The molecular weight excluding hydrogens is 266 g/mol. The van der Waals surface area contributed by atoms with Gasteiger partial charge in [0.05, 0.1) is 17.1 Å². The van der Waals surface area contributed by atoms with E-state index < -0.39 is 0 Å². The van der Waals surface area contributed by atoms with Crippen LogP contribution in [0.4, 0.5) is 0 Å². The van der Waals surface area contributed by atoms with Gasteiger partial charge in [-0.25, -0.2) is 4.98 Å². The fourth-order valence-corrected chi connectivity index (χ4v) is 2.34. The molecule has 5 nitrogen and oxygen atoms in total. The molecule has 2 rings (SSSR count). The van der Waals surface area contributed by atoms with E-state index in [1.165, 1.54) is 7.11 Å². The van der Waals surface area contributed by atoms with E-state index in [0.717, 1.165) is 22.4 Å². The Morgan fingerprint density at radius 2 is 2.19 bits per heavy atom. The molecule has 1 aromatic heterocycles. The number of nitrogens with zero attached hydrogens (tertiary/aromatic N) is 2. The van der Waals surface area contributed by atoms with E-state index in [0.29, 0.717) is 6.54 Å². The minimum Gasteiger partial charge on any atom is -0.375 e. The minimum atomic E-state index is -0.195. The first-order valence-electron chi connectivity index (χ1n) is 6.90. The summed E-state index contributed by atoms with van der Waals surface area (Å²) >= 11 is 0. The van der Waals surface area contributed by atoms with Crippen LogP contribution in [-0.2, 0) is 16.1 Å². The number of hydrogen-bond donors (Lipinski definition) is 1. The molecule has 0 unspecified atom stereocenters. The van der Waals surface area contributed by atoms with Crippen LogP contribution in [0.3, 0.4) is 0 Å². The zero-order chi connectivity index (χ0) is 15.4. The third kappa shape index (κ3) is 3.49. The Morgan fingerprint density at radius 1 is 1.48 bits per heavy atom. The Balaban J connectivity index is 2.37. The average Bonchev–Trinajstić information content (AvgIpc) is 2.77. The largest absolute Gasteiger partial charge is 0.375 e. The number of para-hydroxylation sites is 2. The molecule has 1 atom stereocenters. The van der Waals surface area contributed by atoms with Gasteiger partial charge < -0.3 is 14.6 Å². The summed E-state index contributed by atoms with van der Waals surface area (Å²) in [6, 6.07) is 7.74. The maximum atomic E-state index is 11.7. The summed E-state index contributed by atoms with van der Waals surface area (Å²) < 4.78 is 6.93. The lowest BCUT2D eigenvalue weighted by molar-refractivity contribution is -0.125. The molecule has 0 spiro atoms. The second kappa shape index (κ2) is 6.54. The maximum Gasteiger partial charge on any atom is 0.246 e. The van der Waals surface area contributed by atoms with Gasteiger partial charge in [0.15, 0.2) is 0 Å². The fourth-order valence-electron chi connectivity index (χ4n) is 2.34. The molecule has 0 saturated carbocycles. The van der Waals surface area contributed by atoms with Crippen molar-refractivity contribution >= 4 is 16.9 Å². The van der Waals surface area contributed by atoms with Crippen molar-refractivity contribution in [1.82, 2.24) is 14.9 Å². The highest BCUT2D eigenvalue weighted by molar-refractivity contribution is 5.78. The Morgan fingerprint density at radius 3 is 2.86 bits per heavy atom. The van der Waals surface area contributed by atoms with Crippen LogP contribution in [0.1, 0.15) is 25.7 Å². The highest BCUT2D eigenvalue weighted by atomic mass is 16.5. The zero-order valence-electron chi connectivity index (χ0n) is 12.7. The molecule has 1 N–H and O–H groups in total. The van der Waals surface area contributed by atoms with Gasteiger partial charge in [0.2, 0.25) is 5.91 Å². The molecule has 112 valence electrons. The molecule has 0 aliphatic carbocycles. The molecule has 1 amide bonds. The fraction of sp³-hybridized carbons (Fsp3) is 0.375. The number of amides is 1. The summed E-state index contributed by atoms with van der Waals surface area (Å²) in [7, 11) is 1.50. The number of carbonyl (C=O) groups excluding carboxylic acids is 1. The van der Waals surface area contributed by atoms with Crippen LogP contribution in [0.15, 0.2) is 36.4 Å². The summed E-state index contributed by atoms with van der Waals surface area (Å²) in [5.74, 6) is 0.669. The zero-order valence-corrected chi connectivity index (χ0v) is 12.7. The first-order valence-corrected chi connectivity index (χ1v) is 6.90. The first kappa shape index (κ1) is 15.3. The van der Waals surface area contributed by atoms with Crippen LogP contribution < -0.4 is 5.32 Å². The lowest BCUT2D eigenvalue weighted by atomic mass is 10.2. The molecule has 0 aliphatic heterocycles. The van der Waals surface area contributed by atoms with Crippen molar-refractivity contribution in [2.24, 2.45) is 0 Å². The molecule has 0 bridgehead atoms. The normalized spacial score (nSPS) is 12.3. The highest BCUT2D eigenvalue weighted by Crippen LogP contribution is 2.21. The van der Waals surface area contributed by atoms with Crippen LogP contribution in [0.5, 0.6) is 0 Å². The van der Waals surface area contributed by atoms with Crippen LogP contribution in [0.25, 0.3) is 11.0 Å².